The number of thiophene rings is 1. The second-order valence-corrected chi connectivity index (χ2v) is 4.43. The van der Waals surface area contributed by atoms with Crippen LogP contribution in [-0.2, 0) is 11.2 Å². The van der Waals surface area contributed by atoms with E-state index in [0.29, 0.717) is 13.0 Å². The van der Waals surface area contributed by atoms with Crippen molar-refractivity contribution in [1.82, 2.24) is 5.43 Å². The van der Waals surface area contributed by atoms with Crippen LogP contribution >= 0.6 is 11.3 Å². The fourth-order valence-corrected chi connectivity index (χ4v) is 2.10. The first-order valence-electron chi connectivity index (χ1n) is 5.06. The zero-order valence-corrected chi connectivity index (χ0v) is 9.68. The van der Waals surface area contributed by atoms with Gasteiger partial charge in [-0.25, -0.2) is 8.78 Å². The third-order valence-electron chi connectivity index (χ3n) is 2.12. The maximum absolute atomic E-state index is 11.8. The molecular weight excluding hydrogens is 234 g/mol. The van der Waals surface area contributed by atoms with E-state index in [-0.39, 0.29) is 6.04 Å². The summed E-state index contributed by atoms with van der Waals surface area (Å²) in [7, 11) is 0. The maximum Gasteiger partial charge on any atom is 0.261 e. The van der Waals surface area contributed by atoms with Crippen LogP contribution in [0, 0.1) is 0 Å². The van der Waals surface area contributed by atoms with Crippen molar-refractivity contribution in [3.8, 4) is 0 Å². The van der Waals surface area contributed by atoms with Gasteiger partial charge >= 0.3 is 0 Å². The van der Waals surface area contributed by atoms with Gasteiger partial charge in [-0.1, -0.05) is 6.07 Å². The molecule has 0 spiro atoms. The van der Waals surface area contributed by atoms with Gasteiger partial charge in [0.1, 0.15) is 6.61 Å². The minimum absolute atomic E-state index is 0.0660. The van der Waals surface area contributed by atoms with Crippen molar-refractivity contribution in [3.63, 3.8) is 0 Å². The van der Waals surface area contributed by atoms with Crippen LogP contribution in [0.5, 0.6) is 0 Å². The fourth-order valence-electron chi connectivity index (χ4n) is 1.31. The smallest absolute Gasteiger partial charge is 0.261 e. The molecule has 1 unspecified atom stereocenters. The Kier molecular flexibility index (Phi) is 6.47. The summed E-state index contributed by atoms with van der Waals surface area (Å²) in [5.74, 6) is 5.38. The SMILES string of the molecule is NNC(CCOCC(F)F)Cc1cccs1. The van der Waals surface area contributed by atoms with Crippen molar-refractivity contribution in [2.45, 2.75) is 25.3 Å². The van der Waals surface area contributed by atoms with Crippen LogP contribution in [0.3, 0.4) is 0 Å². The second kappa shape index (κ2) is 7.67. The highest BCUT2D eigenvalue weighted by Crippen LogP contribution is 2.12. The van der Waals surface area contributed by atoms with Gasteiger partial charge in [-0.3, -0.25) is 11.3 Å². The Labute approximate surface area is 97.6 Å². The van der Waals surface area contributed by atoms with E-state index in [0.717, 1.165) is 6.42 Å². The Bertz CT molecular complexity index is 270. The first-order valence-corrected chi connectivity index (χ1v) is 5.94. The molecule has 92 valence electrons. The van der Waals surface area contributed by atoms with Gasteiger partial charge in [0.05, 0.1) is 0 Å². The highest BCUT2D eigenvalue weighted by Gasteiger charge is 2.09. The van der Waals surface area contributed by atoms with Crippen molar-refractivity contribution in [1.29, 1.82) is 0 Å². The van der Waals surface area contributed by atoms with Crippen LogP contribution in [0.15, 0.2) is 17.5 Å². The minimum atomic E-state index is -2.40. The van der Waals surface area contributed by atoms with Gasteiger partial charge in [0, 0.05) is 17.5 Å². The molecule has 6 heteroatoms. The Morgan fingerprint density at radius 3 is 2.88 bits per heavy atom. The monoisotopic (exact) mass is 250 g/mol. The number of hydrogen-bond acceptors (Lipinski definition) is 4. The molecule has 1 rings (SSSR count). The summed E-state index contributed by atoms with van der Waals surface area (Å²) < 4.78 is 28.4. The Morgan fingerprint density at radius 2 is 2.31 bits per heavy atom. The molecule has 3 nitrogen and oxygen atoms in total. The summed E-state index contributed by atoms with van der Waals surface area (Å²) in [5, 5.41) is 2.00. The van der Waals surface area contributed by atoms with E-state index in [1.54, 1.807) is 11.3 Å². The van der Waals surface area contributed by atoms with Crippen LogP contribution < -0.4 is 11.3 Å². The van der Waals surface area contributed by atoms with Crippen LogP contribution in [0.1, 0.15) is 11.3 Å². The number of nitrogens with two attached hydrogens (primary N) is 1. The molecule has 0 radical (unpaired) electrons. The Morgan fingerprint density at radius 1 is 1.50 bits per heavy atom. The third-order valence-corrected chi connectivity index (χ3v) is 3.02. The van der Waals surface area contributed by atoms with Crippen molar-refractivity contribution in [2.24, 2.45) is 5.84 Å². The van der Waals surface area contributed by atoms with Crippen molar-refractivity contribution < 1.29 is 13.5 Å². The first-order chi connectivity index (χ1) is 7.72. The van der Waals surface area contributed by atoms with Crippen molar-refractivity contribution >= 4 is 11.3 Å². The van der Waals surface area contributed by atoms with Gasteiger partial charge < -0.3 is 4.74 Å². The first kappa shape index (κ1) is 13.5. The van der Waals surface area contributed by atoms with E-state index in [2.05, 4.69) is 5.43 Å². The summed E-state index contributed by atoms with van der Waals surface area (Å²) in [6.07, 6.45) is -0.977. The van der Waals surface area contributed by atoms with Crippen molar-refractivity contribution in [2.75, 3.05) is 13.2 Å². The minimum Gasteiger partial charge on any atom is -0.375 e. The van der Waals surface area contributed by atoms with Crippen LogP contribution in [-0.4, -0.2) is 25.7 Å². The van der Waals surface area contributed by atoms with Gasteiger partial charge in [-0.05, 0) is 24.3 Å². The zero-order chi connectivity index (χ0) is 11.8. The molecule has 0 saturated carbocycles. The van der Waals surface area contributed by atoms with Gasteiger partial charge in [-0.15, -0.1) is 11.3 Å². The molecule has 0 aliphatic carbocycles. The number of alkyl halides is 2. The van der Waals surface area contributed by atoms with E-state index in [1.807, 2.05) is 17.5 Å². The normalized spacial score (nSPS) is 13.2. The Hall–Kier alpha value is -0.560. The van der Waals surface area contributed by atoms with E-state index >= 15 is 0 Å². The average molecular weight is 250 g/mol. The molecular formula is C10H16F2N2OS. The molecule has 1 atom stereocenters. The van der Waals surface area contributed by atoms with Gasteiger partial charge in [0.25, 0.3) is 6.43 Å². The van der Waals surface area contributed by atoms with E-state index in [1.165, 1.54) is 4.88 Å². The Balaban J connectivity index is 2.17. The lowest BCUT2D eigenvalue weighted by Crippen LogP contribution is -2.37. The molecule has 0 aliphatic heterocycles. The lowest BCUT2D eigenvalue weighted by molar-refractivity contribution is 0.0144. The van der Waals surface area contributed by atoms with Gasteiger partial charge in [0.15, 0.2) is 0 Å². The molecule has 0 bridgehead atoms. The molecule has 1 aromatic rings. The van der Waals surface area contributed by atoms with Gasteiger partial charge in [-0.2, -0.15) is 0 Å². The largest absolute Gasteiger partial charge is 0.375 e. The highest BCUT2D eigenvalue weighted by atomic mass is 32.1. The molecule has 1 aromatic heterocycles. The fraction of sp³-hybridized carbons (Fsp3) is 0.600. The molecule has 3 N–H and O–H groups in total. The van der Waals surface area contributed by atoms with Crippen LogP contribution in [0.2, 0.25) is 0 Å². The molecule has 1 heterocycles. The number of ether oxygens (including phenoxy) is 1. The standard InChI is InChI=1S/C10H16F2N2OS/c11-10(12)7-15-4-3-8(14-13)6-9-2-1-5-16-9/h1-2,5,8,10,14H,3-4,6-7,13H2. The van der Waals surface area contributed by atoms with Crippen LogP contribution in [0.25, 0.3) is 0 Å². The number of hydrogen-bond donors (Lipinski definition) is 2. The molecule has 0 saturated heterocycles. The van der Waals surface area contributed by atoms with E-state index < -0.39 is 13.0 Å². The molecule has 0 aliphatic rings. The lowest BCUT2D eigenvalue weighted by atomic mass is 10.1. The quantitative estimate of drug-likeness (QED) is 0.420. The summed E-state index contributed by atoms with van der Waals surface area (Å²) in [6, 6.07) is 4.06. The highest BCUT2D eigenvalue weighted by molar-refractivity contribution is 7.09. The maximum atomic E-state index is 11.8. The van der Waals surface area contributed by atoms with E-state index in [9.17, 15) is 8.78 Å². The summed E-state index contributed by atoms with van der Waals surface area (Å²) >= 11 is 1.65. The third kappa shape index (κ3) is 5.50. The number of halogens is 2. The average Bonchev–Trinajstić information content (AvgIpc) is 2.75. The predicted octanol–water partition coefficient (Wildman–Crippen LogP) is 1.79. The summed E-state index contributed by atoms with van der Waals surface area (Å²) in [5.41, 5.74) is 2.67. The van der Waals surface area contributed by atoms with E-state index in [4.69, 9.17) is 10.6 Å². The molecule has 0 fully saturated rings. The summed E-state index contributed by atoms with van der Waals surface area (Å²) in [4.78, 5) is 1.22. The number of hydrazine groups is 1. The molecule has 0 amide bonds. The predicted molar refractivity (Wildman–Crippen MR) is 60.6 cm³/mol. The summed E-state index contributed by atoms with van der Waals surface area (Å²) in [6.45, 7) is -0.207. The molecule has 0 aromatic carbocycles. The molecule has 16 heavy (non-hydrogen) atoms. The topological polar surface area (TPSA) is 47.3 Å². The van der Waals surface area contributed by atoms with Crippen molar-refractivity contribution in [3.05, 3.63) is 22.4 Å². The zero-order valence-electron chi connectivity index (χ0n) is 8.86. The lowest BCUT2D eigenvalue weighted by Gasteiger charge is -2.14. The number of rotatable bonds is 8. The van der Waals surface area contributed by atoms with Crippen LogP contribution in [0.4, 0.5) is 8.78 Å². The second-order valence-electron chi connectivity index (χ2n) is 3.40. The van der Waals surface area contributed by atoms with Gasteiger partial charge in [0.2, 0.25) is 0 Å². The number of nitrogens with one attached hydrogen (secondary N) is 1.